The highest BCUT2D eigenvalue weighted by molar-refractivity contribution is 6.05. The van der Waals surface area contributed by atoms with Crippen molar-refractivity contribution in [2.24, 2.45) is 5.73 Å². The van der Waals surface area contributed by atoms with Crippen molar-refractivity contribution in [3.05, 3.63) is 59.2 Å². The lowest BCUT2D eigenvalue weighted by Gasteiger charge is -2.34. The van der Waals surface area contributed by atoms with Gasteiger partial charge in [0.05, 0.1) is 6.61 Å². The van der Waals surface area contributed by atoms with E-state index < -0.39 is 24.0 Å². The molecule has 2 heterocycles. The summed E-state index contributed by atoms with van der Waals surface area (Å²) in [4.78, 5) is 40.7. The van der Waals surface area contributed by atoms with Gasteiger partial charge >= 0.3 is 0 Å². The Balaban J connectivity index is 1.47. The maximum absolute atomic E-state index is 13.0. The van der Waals surface area contributed by atoms with Gasteiger partial charge in [-0.15, -0.1) is 0 Å². The van der Waals surface area contributed by atoms with Gasteiger partial charge in [0.15, 0.2) is 12.2 Å². The molecule has 10 nitrogen and oxygen atoms in total. The van der Waals surface area contributed by atoms with Crippen molar-refractivity contribution in [1.29, 1.82) is 5.41 Å². The molecule has 3 amide bonds. The van der Waals surface area contributed by atoms with Crippen LogP contribution in [0, 0.1) is 5.41 Å². The van der Waals surface area contributed by atoms with E-state index >= 15 is 0 Å². The Hall–Kier alpha value is -3.76. The third-order valence-electron chi connectivity index (χ3n) is 5.53. The van der Waals surface area contributed by atoms with Crippen molar-refractivity contribution < 1.29 is 24.2 Å². The van der Waals surface area contributed by atoms with Crippen LogP contribution < -0.4 is 16.0 Å². The Kier molecular flexibility index (Phi) is 5.64. The Morgan fingerprint density at radius 3 is 2.66 bits per heavy atom. The largest absolute Gasteiger partial charge is 0.384 e. The number of carbonyl (C=O) groups excluding carboxylic acids is 3. The summed E-state index contributed by atoms with van der Waals surface area (Å²) in [5.74, 6) is -1.50. The Bertz CT molecular complexity index is 1100. The smallest absolute Gasteiger partial charge is 0.259 e. The summed E-state index contributed by atoms with van der Waals surface area (Å²) in [5, 5.41) is 20.4. The molecule has 2 atom stereocenters. The molecule has 0 radical (unpaired) electrons. The van der Waals surface area contributed by atoms with Crippen molar-refractivity contribution in [2.75, 3.05) is 30.4 Å². The maximum atomic E-state index is 13.0. The Morgan fingerprint density at radius 1 is 1.25 bits per heavy atom. The third kappa shape index (κ3) is 3.93. The highest BCUT2D eigenvalue weighted by atomic mass is 16.5. The number of nitrogens with zero attached hydrogens (tertiary/aromatic N) is 2. The Morgan fingerprint density at radius 2 is 1.97 bits per heavy atom. The highest BCUT2D eigenvalue weighted by Gasteiger charge is 2.39. The van der Waals surface area contributed by atoms with Gasteiger partial charge in [-0.1, -0.05) is 0 Å². The molecule has 0 saturated carbocycles. The summed E-state index contributed by atoms with van der Waals surface area (Å²) in [6, 6.07) is 11.3. The molecular weight excluding hydrogens is 414 g/mol. The number of amidine groups is 1. The van der Waals surface area contributed by atoms with E-state index in [1.54, 1.807) is 54.4 Å². The number of nitrogen functional groups attached to an aromatic ring is 1. The zero-order valence-corrected chi connectivity index (χ0v) is 17.4. The molecule has 2 aromatic rings. The van der Waals surface area contributed by atoms with Crippen LogP contribution in [0.1, 0.15) is 21.5 Å². The predicted molar refractivity (Wildman–Crippen MR) is 116 cm³/mol. The van der Waals surface area contributed by atoms with Gasteiger partial charge < -0.3 is 30.7 Å². The minimum absolute atomic E-state index is 0.0684. The topological polar surface area (TPSA) is 149 Å². The fraction of sp³-hybridized carbons (Fsp3) is 0.273. The van der Waals surface area contributed by atoms with Crippen LogP contribution in [0.3, 0.4) is 0 Å². The molecule has 0 unspecified atom stereocenters. The molecule has 1 fully saturated rings. The van der Waals surface area contributed by atoms with E-state index in [1.165, 1.54) is 4.90 Å². The lowest BCUT2D eigenvalue weighted by molar-refractivity contribution is -0.150. The molecule has 0 aliphatic carbocycles. The van der Waals surface area contributed by atoms with Gasteiger partial charge in [0.25, 0.3) is 17.7 Å². The molecule has 0 bridgehead atoms. The molecule has 2 aliphatic heterocycles. The van der Waals surface area contributed by atoms with Gasteiger partial charge in [0, 0.05) is 42.6 Å². The van der Waals surface area contributed by atoms with Crippen LogP contribution >= 0.6 is 0 Å². The lowest BCUT2D eigenvalue weighted by atomic mass is 10.1. The summed E-state index contributed by atoms with van der Waals surface area (Å²) in [5.41, 5.74) is 8.28. The number of morpholine rings is 1. The second-order valence-corrected chi connectivity index (χ2v) is 7.71. The summed E-state index contributed by atoms with van der Waals surface area (Å²) in [7, 11) is 1.71. The molecular formula is C22H23N5O5. The number of amides is 3. The summed E-state index contributed by atoms with van der Waals surface area (Å²) in [6.07, 6.45) is -3.09. The van der Waals surface area contributed by atoms with Crippen LogP contribution in [0.5, 0.6) is 0 Å². The van der Waals surface area contributed by atoms with Crippen molar-refractivity contribution in [1.82, 2.24) is 4.90 Å². The predicted octanol–water partition coefficient (Wildman–Crippen LogP) is 0.288. The molecule has 0 spiro atoms. The quantitative estimate of drug-likeness (QED) is 0.390. The zero-order valence-electron chi connectivity index (χ0n) is 17.4. The number of benzene rings is 2. The summed E-state index contributed by atoms with van der Waals surface area (Å²) in [6.45, 7) is 0.861. The van der Waals surface area contributed by atoms with Crippen LogP contribution in [0.25, 0.3) is 0 Å². The number of hydrogen-bond donors (Lipinski definition) is 4. The second kappa shape index (κ2) is 8.40. The van der Waals surface area contributed by atoms with E-state index in [1.807, 2.05) is 0 Å². The first-order chi connectivity index (χ1) is 15.3. The number of anilines is 2. The van der Waals surface area contributed by atoms with Crippen LogP contribution in [-0.4, -0.2) is 66.0 Å². The minimum Gasteiger partial charge on any atom is -0.384 e. The second-order valence-electron chi connectivity index (χ2n) is 7.71. The number of hydrogen-bond acceptors (Lipinski definition) is 6. The number of aliphatic hydroxyl groups excluding tert-OH is 1. The molecule has 4 rings (SSSR count). The average molecular weight is 437 g/mol. The monoisotopic (exact) mass is 437 g/mol. The fourth-order valence-electron chi connectivity index (χ4n) is 3.80. The first-order valence-electron chi connectivity index (χ1n) is 10.0. The standard InChI is InChI=1S/C22H23N5O5/c1-26-11-13-10-15(6-7-16(13)21(26)30)27-8-9-32-18(22(27)31)17(28)20(29)25-14-4-2-12(3-5-14)19(23)24/h2-7,10,17-18,28H,8-9,11H2,1H3,(H3,23,24)(H,25,29)/t17-,18-/m1/s1. The van der Waals surface area contributed by atoms with Crippen molar-refractivity contribution >= 4 is 34.9 Å². The molecule has 2 aromatic carbocycles. The summed E-state index contributed by atoms with van der Waals surface area (Å²) < 4.78 is 5.43. The van der Waals surface area contributed by atoms with Crippen LogP contribution in [0.15, 0.2) is 42.5 Å². The van der Waals surface area contributed by atoms with E-state index in [0.717, 1.165) is 5.56 Å². The lowest BCUT2D eigenvalue weighted by Crippen LogP contribution is -2.55. The number of fused-ring (bicyclic) bond motifs is 1. The number of ether oxygens (including phenoxy) is 1. The van der Waals surface area contributed by atoms with E-state index in [2.05, 4.69) is 5.32 Å². The van der Waals surface area contributed by atoms with E-state index in [4.69, 9.17) is 15.9 Å². The highest BCUT2D eigenvalue weighted by Crippen LogP contribution is 2.28. The van der Waals surface area contributed by atoms with Gasteiger partial charge in [-0.25, -0.2) is 0 Å². The molecule has 5 N–H and O–H groups in total. The molecule has 2 aliphatic rings. The number of nitrogens with two attached hydrogens (primary N) is 1. The van der Waals surface area contributed by atoms with Crippen LogP contribution in [0.4, 0.5) is 11.4 Å². The average Bonchev–Trinajstić information content (AvgIpc) is 3.06. The molecule has 0 aromatic heterocycles. The van der Waals surface area contributed by atoms with Gasteiger partial charge in [-0.2, -0.15) is 0 Å². The number of rotatable bonds is 5. The number of carbonyl (C=O) groups is 3. The molecule has 166 valence electrons. The van der Waals surface area contributed by atoms with Gasteiger partial charge in [-0.3, -0.25) is 19.8 Å². The van der Waals surface area contributed by atoms with Gasteiger partial charge in [0.1, 0.15) is 5.84 Å². The minimum atomic E-state index is -1.72. The van der Waals surface area contributed by atoms with Crippen molar-refractivity contribution in [2.45, 2.75) is 18.8 Å². The fourth-order valence-corrected chi connectivity index (χ4v) is 3.80. The van der Waals surface area contributed by atoms with Gasteiger partial charge in [-0.05, 0) is 48.0 Å². The maximum Gasteiger partial charge on any atom is 0.259 e. The van der Waals surface area contributed by atoms with Crippen LogP contribution in [0.2, 0.25) is 0 Å². The SMILES string of the molecule is CN1Cc2cc(N3CCO[C@H]([C@@H](O)C(=O)Nc4ccc(C(=N)N)cc4)C3=O)ccc2C1=O. The first kappa shape index (κ1) is 21.5. The van der Waals surface area contributed by atoms with Crippen molar-refractivity contribution in [3.63, 3.8) is 0 Å². The molecule has 32 heavy (non-hydrogen) atoms. The zero-order chi connectivity index (χ0) is 23.0. The van der Waals surface area contributed by atoms with E-state index in [9.17, 15) is 19.5 Å². The third-order valence-corrected chi connectivity index (χ3v) is 5.53. The Labute approximate surface area is 184 Å². The van der Waals surface area contributed by atoms with E-state index in [0.29, 0.717) is 29.0 Å². The molecule has 1 saturated heterocycles. The summed E-state index contributed by atoms with van der Waals surface area (Å²) >= 11 is 0. The van der Waals surface area contributed by atoms with Crippen molar-refractivity contribution in [3.8, 4) is 0 Å². The molecule has 10 heteroatoms. The van der Waals surface area contributed by atoms with Gasteiger partial charge in [0.2, 0.25) is 0 Å². The van der Waals surface area contributed by atoms with Crippen LogP contribution in [-0.2, 0) is 20.9 Å². The van der Waals surface area contributed by atoms with E-state index in [-0.39, 0.29) is 24.9 Å². The number of nitrogens with one attached hydrogen (secondary N) is 2. The first-order valence-corrected chi connectivity index (χ1v) is 10.0. The normalized spacial score (nSPS) is 19.0. The number of aliphatic hydroxyl groups is 1.